The Labute approximate surface area is 116 Å². The molecule has 0 spiro atoms. The van der Waals surface area contributed by atoms with Gasteiger partial charge in [-0.15, -0.1) is 0 Å². The van der Waals surface area contributed by atoms with Crippen molar-refractivity contribution in [3.63, 3.8) is 0 Å². The highest BCUT2D eigenvalue weighted by Gasteiger charge is 2.01. The van der Waals surface area contributed by atoms with Crippen LogP contribution in [-0.2, 0) is 18.0 Å². The van der Waals surface area contributed by atoms with Gasteiger partial charge in [-0.05, 0) is 41.8 Å². The summed E-state index contributed by atoms with van der Waals surface area (Å²) in [6.45, 7) is 3.21. The van der Waals surface area contributed by atoms with E-state index >= 15 is 0 Å². The van der Waals surface area contributed by atoms with Crippen molar-refractivity contribution >= 4 is 21.6 Å². The zero-order valence-electron chi connectivity index (χ0n) is 10.3. The summed E-state index contributed by atoms with van der Waals surface area (Å²) in [7, 11) is 0. The van der Waals surface area contributed by atoms with E-state index in [2.05, 4.69) is 28.1 Å². The van der Waals surface area contributed by atoms with E-state index in [9.17, 15) is 0 Å². The van der Waals surface area contributed by atoms with Crippen LogP contribution in [0.2, 0.25) is 0 Å². The molecule has 0 bridgehead atoms. The van der Waals surface area contributed by atoms with Crippen LogP contribution < -0.4 is 5.73 Å². The van der Waals surface area contributed by atoms with Gasteiger partial charge >= 0.3 is 0 Å². The van der Waals surface area contributed by atoms with Crippen molar-refractivity contribution in [3.05, 3.63) is 63.6 Å². The first-order valence-electron chi connectivity index (χ1n) is 5.83. The van der Waals surface area contributed by atoms with Crippen molar-refractivity contribution in [2.75, 3.05) is 5.73 Å². The lowest BCUT2D eigenvalue weighted by atomic mass is 10.1. The first-order valence-corrected chi connectivity index (χ1v) is 6.62. The van der Waals surface area contributed by atoms with Crippen LogP contribution >= 0.6 is 15.9 Å². The molecule has 2 nitrogen and oxygen atoms in total. The molecule has 2 rings (SSSR count). The van der Waals surface area contributed by atoms with Crippen LogP contribution in [0.25, 0.3) is 0 Å². The van der Waals surface area contributed by atoms with Crippen LogP contribution in [0.5, 0.6) is 0 Å². The van der Waals surface area contributed by atoms with Crippen LogP contribution in [-0.4, -0.2) is 0 Å². The SMILES string of the molecule is Cc1c(N)cccc1COCc1cccc(Br)c1. The van der Waals surface area contributed by atoms with Crippen LogP contribution in [0.1, 0.15) is 16.7 Å². The van der Waals surface area contributed by atoms with E-state index in [1.54, 1.807) is 0 Å². The highest BCUT2D eigenvalue weighted by atomic mass is 79.9. The minimum Gasteiger partial charge on any atom is -0.399 e. The quantitative estimate of drug-likeness (QED) is 0.865. The van der Waals surface area contributed by atoms with Crippen molar-refractivity contribution in [2.45, 2.75) is 20.1 Å². The second-order valence-corrected chi connectivity index (χ2v) is 5.17. The third kappa shape index (κ3) is 3.34. The Bertz CT molecular complexity index is 540. The molecule has 0 unspecified atom stereocenters. The molecule has 94 valence electrons. The van der Waals surface area contributed by atoms with Gasteiger partial charge in [0, 0.05) is 10.2 Å². The Balaban J connectivity index is 1.94. The van der Waals surface area contributed by atoms with Crippen LogP contribution in [0, 0.1) is 6.92 Å². The molecule has 0 saturated heterocycles. The normalized spacial score (nSPS) is 10.6. The summed E-state index contributed by atoms with van der Waals surface area (Å²) in [6, 6.07) is 14.0. The Morgan fingerprint density at radius 3 is 2.67 bits per heavy atom. The summed E-state index contributed by atoms with van der Waals surface area (Å²) >= 11 is 3.45. The molecule has 0 fully saturated rings. The Morgan fingerprint density at radius 2 is 1.89 bits per heavy atom. The summed E-state index contributed by atoms with van der Waals surface area (Å²) in [5, 5.41) is 0. The van der Waals surface area contributed by atoms with Gasteiger partial charge in [0.2, 0.25) is 0 Å². The standard InChI is InChI=1S/C15H16BrNO/c1-11-13(5-3-7-15(11)17)10-18-9-12-4-2-6-14(16)8-12/h2-8H,9-10,17H2,1H3. The van der Waals surface area contributed by atoms with Gasteiger partial charge in [-0.2, -0.15) is 0 Å². The first kappa shape index (κ1) is 13.1. The number of halogens is 1. The zero-order valence-corrected chi connectivity index (χ0v) is 11.9. The van der Waals surface area contributed by atoms with Crippen LogP contribution in [0.15, 0.2) is 46.9 Å². The van der Waals surface area contributed by atoms with Gasteiger partial charge < -0.3 is 10.5 Å². The highest BCUT2D eigenvalue weighted by molar-refractivity contribution is 9.10. The van der Waals surface area contributed by atoms with Gasteiger partial charge in [-0.1, -0.05) is 40.2 Å². The van der Waals surface area contributed by atoms with Crippen molar-refractivity contribution in [3.8, 4) is 0 Å². The van der Waals surface area contributed by atoms with Gasteiger partial charge in [-0.3, -0.25) is 0 Å². The minimum absolute atomic E-state index is 0.587. The Morgan fingerprint density at radius 1 is 1.11 bits per heavy atom. The molecular formula is C15H16BrNO. The van der Waals surface area contributed by atoms with Crippen molar-refractivity contribution in [1.82, 2.24) is 0 Å². The number of hydrogen-bond donors (Lipinski definition) is 1. The fourth-order valence-electron chi connectivity index (χ4n) is 1.77. The van der Waals surface area contributed by atoms with E-state index in [0.29, 0.717) is 13.2 Å². The van der Waals surface area contributed by atoms with Crippen molar-refractivity contribution in [2.24, 2.45) is 0 Å². The van der Waals surface area contributed by atoms with Gasteiger partial charge in [-0.25, -0.2) is 0 Å². The second-order valence-electron chi connectivity index (χ2n) is 4.25. The van der Waals surface area contributed by atoms with E-state index in [0.717, 1.165) is 26.9 Å². The van der Waals surface area contributed by atoms with E-state index < -0.39 is 0 Å². The molecule has 0 heterocycles. The third-order valence-electron chi connectivity index (χ3n) is 2.90. The molecule has 2 aromatic rings. The third-order valence-corrected chi connectivity index (χ3v) is 3.40. The topological polar surface area (TPSA) is 35.2 Å². The molecule has 2 aromatic carbocycles. The minimum atomic E-state index is 0.587. The predicted octanol–water partition coefficient (Wildman–Crippen LogP) is 4.06. The Kier molecular flexibility index (Phi) is 4.39. The van der Waals surface area contributed by atoms with Gasteiger partial charge in [0.15, 0.2) is 0 Å². The first-order chi connectivity index (χ1) is 8.66. The molecule has 0 saturated carbocycles. The maximum absolute atomic E-state index is 5.86. The molecule has 0 aliphatic rings. The largest absolute Gasteiger partial charge is 0.399 e. The number of nitrogens with two attached hydrogens (primary N) is 1. The smallest absolute Gasteiger partial charge is 0.0724 e. The summed E-state index contributed by atoms with van der Waals surface area (Å²) < 4.78 is 6.79. The molecule has 0 atom stereocenters. The van der Waals surface area contributed by atoms with E-state index in [1.807, 2.05) is 37.3 Å². The van der Waals surface area contributed by atoms with Crippen molar-refractivity contribution in [1.29, 1.82) is 0 Å². The van der Waals surface area contributed by atoms with E-state index in [4.69, 9.17) is 10.5 Å². The van der Waals surface area contributed by atoms with Gasteiger partial charge in [0.1, 0.15) is 0 Å². The highest BCUT2D eigenvalue weighted by Crippen LogP contribution is 2.17. The van der Waals surface area contributed by atoms with Gasteiger partial charge in [0.05, 0.1) is 13.2 Å². The van der Waals surface area contributed by atoms with E-state index in [1.165, 1.54) is 0 Å². The summed E-state index contributed by atoms with van der Waals surface area (Å²) in [4.78, 5) is 0. The van der Waals surface area contributed by atoms with Crippen LogP contribution in [0.3, 0.4) is 0 Å². The zero-order chi connectivity index (χ0) is 13.0. The number of hydrogen-bond acceptors (Lipinski definition) is 2. The number of anilines is 1. The second kappa shape index (κ2) is 6.03. The summed E-state index contributed by atoms with van der Waals surface area (Å²) in [5.41, 5.74) is 10.1. The fourth-order valence-corrected chi connectivity index (χ4v) is 2.21. The molecule has 3 heteroatoms. The molecular weight excluding hydrogens is 290 g/mol. The monoisotopic (exact) mass is 305 g/mol. The lowest BCUT2D eigenvalue weighted by molar-refractivity contribution is 0.107. The van der Waals surface area contributed by atoms with Crippen molar-refractivity contribution < 1.29 is 4.74 Å². The Hall–Kier alpha value is -1.32. The summed E-state index contributed by atoms with van der Waals surface area (Å²) in [6.07, 6.45) is 0. The average Bonchev–Trinajstić information content (AvgIpc) is 2.35. The molecule has 0 aromatic heterocycles. The number of nitrogen functional groups attached to an aromatic ring is 1. The average molecular weight is 306 g/mol. The lowest BCUT2D eigenvalue weighted by Gasteiger charge is -2.09. The lowest BCUT2D eigenvalue weighted by Crippen LogP contribution is -1.99. The molecule has 2 N–H and O–H groups in total. The predicted molar refractivity (Wildman–Crippen MR) is 78.2 cm³/mol. The molecule has 0 aliphatic carbocycles. The molecule has 18 heavy (non-hydrogen) atoms. The number of benzene rings is 2. The maximum atomic E-state index is 5.86. The molecule has 0 radical (unpaired) electrons. The fraction of sp³-hybridized carbons (Fsp3) is 0.200. The number of ether oxygens (including phenoxy) is 1. The van der Waals surface area contributed by atoms with E-state index in [-0.39, 0.29) is 0 Å². The molecule has 0 aliphatic heterocycles. The van der Waals surface area contributed by atoms with Crippen LogP contribution in [0.4, 0.5) is 5.69 Å². The molecule has 0 amide bonds. The maximum Gasteiger partial charge on any atom is 0.0724 e. The van der Waals surface area contributed by atoms with Gasteiger partial charge in [0.25, 0.3) is 0 Å². The number of rotatable bonds is 4. The summed E-state index contributed by atoms with van der Waals surface area (Å²) in [5.74, 6) is 0.